The molecule has 0 aliphatic rings. The summed E-state index contributed by atoms with van der Waals surface area (Å²) in [6.07, 6.45) is -23.9. The second-order valence-electron chi connectivity index (χ2n) is 3.74. The van der Waals surface area contributed by atoms with Crippen LogP contribution >= 0.6 is 0 Å². The predicted molar refractivity (Wildman–Crippen MR) is 63.4 cm³/mol. The second kappa shape index (κ2) is 12.7. The number of ketones is 2. The summed E-state index contributed by atoms with van der Waals surface area (Å²) in [5.74, 6) is -11.3. The molecule has 4 N–H and O–H groups in total. The number of allylic oxidation sites excluding steroid dienone is 4. The standard InChI is InChI=1S/2C5H2F6O2.Mg.2H2O/c2*6-4(7,8)2(12)1-3(13)5(9,10)11;;;/h2*1,12H;;2*1H2/q;;+2;;/p-2/b2-1+;2-1-;;;. The van der Waals surface area contributed by atoms with E-state index in [9.17, 15) is 72.5 Å². The fraction of sp³-hybridized carbons (Fsp3) is 0.400. The van der Waals surface area contributed by atoms with Crippen molar-refractivity contribution in [1.29, 1.82) is 0 Å². The van der Waals surface area contributed by atoms with Crippen LogP contribution in [0, 0.1) is 0 Å². The van der Waals surface area contributed by atoms with E-state index in [1.54, 1.807) is 0 Å². The van der Waals surface area contributed by atoms with Crippen molar-refractivity contribution in [1.82, 2.24) is 0 Å². The van der Waals surface area contributed by atoms with Gasteiger partial charge >= 0.3 is 47.8 Å². The molecule has 0 spiro atoms. The number of alkyl halides is 12. The Balaban J connectivity index is -0.000000120. The predicted octanol–water partition coefficient (Wildman–Crippen LogP) is -0.182. The zero-order valence-corrected chi connectivity index (χ0v) is 14.4. The Morgan fingerprint density at radius 3 is 0.793 bits per heavy atom. The third-order valence-electron chi connectivity index (χ3n) is 1.64. The van der Waals surface area contributed by atoms with Crippen molar-refractivity contribution < 1.29 is 83.4 Å². The normalized spacial score (nSPS) is 13.0. The van der Waals surface area contributed by atoms with Crippen molar-refractivity contribution in [3.05, 3.63) is 23.7 Å². The summed E-state index contributed by atoms with van der Waals surface area (Å²) in [4.78, 5) is 19.6. The van der Waals surface area contributed by atoms with E-state index in [0.717, 1.165) is 0 Å². The maximum absolute atomic E-state index is 11.3. The van der Waals surface area contributed by atoms with E-state index in [1.165, 1.54) is 0 Å². The Labute approximate surface area is 167 Å². The molecule has 0 aromatic rings. The van der Waals surface area contributed by atoms with Crippen molar-refractivity contribution >= 4 is 34.6 Å². The number of hydrogen-bond acceptors (Lipinski definition) is 4. The van der Waals surface area contributed by atoms with Crippen LogP contribution in [0.2, 0.25) is 0 Å². The molecule has 0 amide bonds. The van der Waals surface area contributed by atoms with E-state index in [4.69, 9.17) is 0 Å². The third kappa shape index (κ3) is 16.9. The van der Waals surface area contributed by atoms with E-state index in [2.05, 4.69) is 0 Å². The van der Waals surface area contributed by atoms with Crippen LogP contribution in [0.1, 0.15) is 0 Å². The van der Waals surface area contributed by atoms with Gasteiger partial charge in [0, 0.05) is 0 Å². The second-order valence-corrected chi connectivity index (χ2v) is 3.74. The Morgan fingerprint density at radius 2 is 0.690 bits per heavy atom. The first-order valence-electron chi connectivity index (χ1n) is 5.24. The third-order valence-corrected chi connectivity index (χ3v) is 1.64. The molecule has 29 heavy (non-hydrogen) atoms. The number of rotatable bonds is 2. The zero-order valence-electron chi connectivity index (χ0n) is 13.0. The molecular formula is C10H6F12MgO6. The van der Waals surface area contributed by atoms with Gasteiger partial charge in [-0.15, -0.1) is 0 Å². The van der Waals surface area contributed by atoms with E-state index in [1.807, 2.05) is 0 Å². The average molecular weight is 474 g/mol. The van der Waals surface area contributed by atoms with E-state index in [0.29, 0.717) is 0 Å². The van der Waals surface area contributed by atoms with Crippen molar-refractivity contribution in [3.63, 3.8) is 0 Å². The van der Waals surface area contributed by atoms with Gasteiger partial charge in [0.1, 0.15) is 0 Å². The molecule has 0 atom stereocenters. The summed E-state index contributed by atoms with van der Waals surface area (Å²) in [5, 5.41) is 19.6. The van der Waals surface area contributed by atoms with Crippen molar-refractivity contribution in [2.24, 2.45) is 0 Å². The number of carbonyl (C=O) groups is 2. The Hall–Kier alpha value is -1.73. The van der Waals surface area contributed by atoms with Gasteiger partial charge in [-0.1, -0.05) is 0 Å². The van der Waals surface area contributed by atoms with Crippen molar-refractivity contribution in [2.75, 3.05) is 0 Å². The van der Waals surface area contributed by atoms with Crippen LogP contribution in [0.4, 0.5) is 52.7 Å². The average Bonchev–Trinajstić information content (AvgIpc) is 2.34. The maximum atomic E-state index is 11.3. The van der Waals surface area contributed by atoms with Gasteiger partial charge in [-0.2, -0.15) is 52.7 Å². The number of halogens is 12. The monoisotopic (exact) mass is 474 g/mol. The SMILES string of the molecule is O.O.O=C(/C=C(/[O-])C(F)(F)F)C(F)(F)F.O=C(/C=C(\[O-])C(F)(F)F)C(F)(F)F.[Mg+2]. The first-order chi connectivity index (χ1) is 11.1. The molecule has 19 heteroatoms. The first kappa shape index (κ1) is 37.9. The van der Waals surface area contributed by atoms with Crippen LogP contribution in [-0.4, -0.2) is 70.3 Å². The smallest absolute Gasteiger partial charge is 0.869 e. The minimum Gasteiger partial charge on any atom is -0.869 e. The molecule has 0 heterocycles. The first-order valence-corrected chi connectivity index (χ1v) is 5.24. The Morgan fingerprint density at radius 1 is 0.517 bits per heavy atom. The van der Waals surface area contributed by atoms with Gasteiger partial charge in [0.15, 0.2) is 0 Å². The largest absolute Gasteiger partial charge is 2.00 e. The quantitative estimate of drug-likeness (QED) is 0.237. The molecule has 0 fully saturated rings. The molecule has 0 aliphatic carbocycles. The fourth-order valence-corrected chi connectivity index (χ4v) is 0.565. The van der Waals surface area contributed by atoms with E-state index >= 15 is 0 Å². The van der Waals surface area contributed by atoms with Crippen molar-refractivity contribution in [2.45, 2.75) is 24.7 Å². The van der Waals surface area contributed by atoms with Gasteiger partial charge in [0.05, 0.1) is 0 Å². The Bertz CT molecular complexity index is 532. The summed E-state index contributed by atoms with van der Waals surface area (Å²) in [5.41, 5.74) is 0. The van der Waals surface area contributed by atoms with Crippen molar-refractivity contribution in [3.8, 4) is 0 Å². The zero-order chi connectivity index (χ0) is 21.7. The van der Waals surface area contributed by atoms with E-state index < -0.39 is 59.9 Å². The molecule has 0 aromatic carbocycles. The van der Waals surface area contributed by atoms with Crippen LogP contribution in [0.25, 0.3) is 0 Å². The summed E-state index contributed by atoms with van der Waals surface area (Å²) < 4.78 is 136. The molecule has 0 saturated heterocycles. The molecular weight excluding hydrogens is 468 g/mol. The summed E-state index contributed by atoms with van der Waals surface area (Å²) in [6.45, 7) is 0. The van der Waals surface area contributed by atoms with Crippen LogP contribution in [0.15, 0.2) is 23.7 Å². The van der Waals surface area contributed by atoms with Gasteiger partial charge in [-0.3, -0.25) is 9.59 Å². The van der Waals surface area contributed by atoms with E-state index in [-0.39, 0.29) is 34.0 Å². The molecule has 6 nitrogen and oxygen atoms in total. The van der Waals surface area contributed by atoms with Crippen LogP contribution in [0.3, 0.4) is 0 Å². The summed E-state index contributed by atoms with van der Waals surface area (Å²) >= 11 is 0. The van der Waals surface area contributed by atoms with Gasteiger partial charge < -0.3 is 21.2 Å². The maximum Gasteiger partial charge on any atom is 2.00 e. The van der Waals surface area contributed by atoms with Gasteiger partial charge in [0.2, 0.25) is 0 Å². The van der Waals surface area contributed by atoms with Gasteiger partial charge in [-0.05, 0) is 23.7 Å². The molecule has 168 valence electrons. The number of carbonyl (C=O) groups excluding carboxylic acids is 2. The molecule has 0 aromatic heterocycles. The molecule has 0 radical (unpaired) electrons. The minimum absolute atomic E-state index is 0. The topological polar surface area (TPSA) is 143 Å². The molecule has 0 rings (SSSR count). The molecule has 0 saturated carbocycles. The minimum atomic E-state index is -5.46. The summed E-state index contributed by atoms with van der Waals surface area (Å²) in [6, 6.07) is 0. The molecule has 0 unspecified atom stereocenters. The van der Waals surface area contributed by atoms with Crippen LogP contribution < -0.4 is 10.2 Å². The number of hydrogen-bond donors (Lipinski definition) is 0. The Kier molecular flexibility index (Phi) is 16.7. The molecule has 0 bridgehead atoms. The fourth-order valence-electron chi connectivity index (χ4n) is 0.565. The van der Waals surface area contributed by atoms with Crippen LogP contribution in [-0.2, 0) is 9.59 Å². The molecule has 0 aliphatic heterocycles. The van der Waals surface area contributed by atoms with Crippen LogP contribution in [0.5, 0.6) is 0 Å². The van der Waals surface area contributed by atoms with Gasteiger partial charge in [-0.25, -0.2) is 0 Å². The summed E-state index contributed by atoms with van der Waals surface area (Å²) in [7, 11) is 0. The van der Waals surface area contributed by atoms with Gasteiger partial charge in [0.25, 0.3) is 11.6 Å².